The van der Waals surface area contributed by atoms with Crippen molar-refractivity contribution in [2.75, 3.05) is 38.5 Å². The fourth-order valence-electron chi connectivity index (χ4n) is 3.12. The molecule has 0 atom stereocenters. The zero-order chi connectivity index (χ0) is 25.3. The number of nitrogens with one attached hydrogen (secondary N) is 2. The molecule has 2 N–H and O–H groups in total. The first-order valence-corrected chi connectivity index (χ1v) is 12.6. The van der Waals surface area contributed by atoms with Crippen LogP contribution < -0.4 is 24.8 Å². The molecule has 186 valence electrons. The third kappa shape index (κ3) is 6.77. The molecule has 11 heteroatoms. The number of esters is 1. The van der Waals surface area contributed by atoms with E-state index in [0.717, 1.165) is 6.26 Å². The molecule has 0 aliphatic carbocycles. The minimum atomic E-state index is -3.57. The lowest BCUT2D eigenvalue weighted by Crippen LogP contribution is -2.29. The normalized spacial score (nSPS) is 10.9. The van der Waals surface area contributed by atoms with Crippen molar-refractivity contribution in [1.82, 2.24) is 5.32 Å². The van der Waals surface area contributed by atoms with Gasteiger partial charge in [-0.15, -0.1) is 0 Å². The molecule has 0 spiro atoms. The Morgan fingerprint density at radius 1 is 0.941 bits per heavy atom. The monoisotopic (exact) mass is 494 g/mol. The van der Waals surface area contributed by atoms with E-state index < -0.39 is 21.8 Å². The Hall–Kier alpha value is -3.47. The maximum Gasteiger partial charge on any atom is 0.341 e. The summed E-state index contributed by atoms with van der Waals surface area (Å²) in [5.41, 5.74) is 0.995. The minimum Gasteiger partial charge on any atom is -0.493 e. The fourth-order valence-corrected chi connectivity index (χ4v) is 3.92. The van der Waals surface area contributed by atoms with Crippen LogP contribution in [-0.4, -0.2) is 53.6 Å². The van der Waals surface area contributed by atoms with E-state index >= 15 is 0 Å². The van der Waals surface area contributed by atoms with Gasteiger partial charge in [0.25, 0.3) is 0 Å². The zero-order valence-corrected chi connectivity index (χ0v) is 20.7. The van der Waals surface area contributed by atoms with E-state index in [4.69, 9.17) is 18.9 Å². The number of hydrogen-bond donors (Lipinski definition) is 2. The standard InChI is InChI=1S/C23H30N2O8S/c1-6-31-18-13-20(34(5,28)29)19(32-7-2)12-15(18)14-24-23(27)25-17-11-9-10-16(22(26)30-4)21(17)33-8-3/h9-13H,6-8,14H2,1-5H3,(H2,24,25,27). The third-order valence-corrected chi connectivity index (χ3v) is 5.64. The van der Waals surface area contributed by atoms with Crippen LogP contribution in [0.5, 0.6) is 17.2 Å². The smallest absolute Gasteiger partial charge is 0.341 e. The topological polar surface area (TPSA) is 129 Å². The predicted octanol–water partition coefficient (Wildman–Crippen LogP) is 3.39. The maximum absolute atomic E-state index is 12.6. The Morgan fingerprint density at radius 3 is 2.18 bits per heavy atom. The van der Waals surface area contributed by atoms with E-state index in [9.17, 15) is 18.0 Å². The molecular formula is C23H30N2O8S. The molecule has 10 nitrogen and oxygen atoms in total. The van der Waals surface area contributed by atoms with Gasteiger partial charge in [-0.2, -0.15) is 0 Å². The van der Waals surface area contributed by atoms with Crippen LogP contribution in [0, 0.1) is 0 Å². The van der Waals surface area contributed by atoms with Gasteiger partial charge in [0.15, 0.2) is 15.6 Å². The molecule has 34 heavy (non-hydrogen) atoms. The van der Waals surface area contributed by atoms with E-state index in [1.54, 1.807) is 32.9 Å². The minimum absolute atomic E-state index is 0.00647. The van der Waals surface area contributed by atoms with Crippen LogP contribution >= 0.6 is 0 Å². The Labute approximate surface area is 199 Å². The number of carbonyl (C=O) groups excluding carboxylic acids is 2. The number of amides is 2. The SMILES string of the molecule is CCOc1cc(S(C)(=O)=O)c(OCC)cc1CNC(=O)Nc1cccc(C(=O)OC)c1OCC. The molecule has 0 fully saturated rings. The van der Waals surface area contributed by atoms with Gasteiger partial charge in [-0.1, -0.05) is 6.07 Å². The number of ether oxygens (including phenoxy) is 4. The Kier molecular flexibility index (Phi) is 9.55. The van der Waals surface area contributed by atoms with Crippen molar-refractivity contribution in [3.63, 3.8) is 0 Å². The number of rotatable bonds is 11. The van der Waals surface area contributed by atoms with E-state index in [1.807, 2.05) is 0 Å². The van der Waals surface area contributed by atoms with E-state index in [2.05, 4.69) is 10.6 Å². The van der Waals surface area contributed by atoms with Gasteiger partial charge >= 0.3 is 12.0 Å². The summed E-state index contributed by atoms with van der Waals surface area (Å²) in [7, 11) is -2.31. The summed E-state index contributed by atoms with van der Waals surface area (Å²) in [6.45, 7) is 6.12. The highest BCUT2D eigenvalue weighted by molar-refractivity contribution is 7.90. The van der Waals surface area contributed by atoms with Crippen molar-refractivity contribution in [3.05, 3.63) is 41.5 Å². The molecule has 0 aromatic heterocycles. The lowest BCUT2D eigenvalue weighted by Gasteiger charge is -2.17. The number of benzene rings is 2. The van der Waals surface area contributed by atoms with Gasteiger partial charge in [-0.25, -0.2) is 18.0 Å². The summed E-state index contributed by atoms with van der Waals surface area (Å²) in [4.78, 5) is 24.7. The predicted molar refractivity (Wildman–Crippen MR) is 127 cm³/mol. The molecule has 2 rings (SSSR count). The molecule has 0 radical (unpaired) electrons. The molecule has 0 aliphatic heterocycles. The number of sulfone groups is 1. The van der Waals surface area contributed by atoms with Gasteiger partial charge in [0, 0.05) is 24.4 Å². The highest BCUT2D eigenvalue weighted by Crippen LogP contribution is 2.33. The van der Waals surface area contributed by atoms with Gasteiger partial charge in [0.2, 0.25) is 0 Å². The van der Waals surface area contributed by atoms with E-state index in [-0.39, 0.29) is 47.4 Å². The largest absolute Gasteiger partial charge is 0.493 e. The number of anilines is 1. The molecule has 2 aromatic carbocycles. The van der Waals surface area contributed by atoms with Crippen molar-refractivity contribution < 1.29 is 37.0 Å². The zero-order valence-electron chi connectivity index (χ0n) is 19.9. The lowest BCUT2D eigenvalue weighted by molar-refractivity contribution is 0.0596. The number of methoxy groups -OCH3 is 1. The summed E-state index contributed by atoms with van der Waals surface area (Å²) in [5, 5.41) is 5.36. The first kappa shape index (κ1) is 26.8. The molecular weight excluding hydrogens is 464 g/mol. The first-order chi connectivity index (χ1) is 16.2. The highest BCUT2D eigenvalue weighted by atomic mass is 32.2. The fraction of sp³-hybridized carbons (Fsp3) is 0.391. The van der Waals surface area contributed by atoms with Crippen molar-refractivity contribution in [2.24, 2.45) is 0 Å². The summed E-state index contributed by atoms with van der Waals surface area (Å²) < 4.78 is 45.8. The van der Waals surface area contributed by atoms with Crippen LogP contribution in [0.2, 0.25) is 0 Å². The van der Waals surface area contributed by atoms with Crippen LogP contribution in [0.3, 0.4) is 0 Å². The Balaban J connectivity index is 2.29. The van der Waals surface area contributed by atoms with Gasteiger partial charge in [-0.05, 0) is 39.0 Å². The summed E-state index contributed by atoms with van der Waals surface area (Å²) >= 11 is 0. The second-order valence-corrected chi connectivity index (χ2v) is 8.94. The van der Waals surface area contributed by atoms with Crippen molar-refractivity contribution in [3.8, 4) is 17.2 Å². The van der Waals surface area contributed by atoms with Crippen molar-refractivity contribution in [2.45, 2.75) is 32.2 Å². The second kappa shape index (κ2) is 12.1. The summed E-state index contributed by atoms with van der Waals surface area (Å²) in [6, 6.07) is 7.08. The molecule has 2 amide bonds. The quantitative estimate of drug-likeness (QED) is 0.455. The lowest BCUT2D eigenvalue weighted by atomic mass is 10.1. The maximum atomic E-state index is 12.6. The number of hydrogen-bond acceptors (Lipinski definition) is 8. The molecule has 0 bridgehead atoms. The van der Waals surface area contributed by atoms with Crippen LogP contribution in [0.1, 0.15) is 36.7 Å². The number of urea groups is 1. The number of carbonyl (C=O) groups is 2. The van der Waals surface area contributed by atoms with Crippen molar-refractivity contribution in [1.29, 1.82) is 0 Å². The van der Waals surface area contributed by atoms with E-state index in [1.165, 1.54) is 25.3 Å². The second-order valence-electron chi connectivity index (χ2n) is 6.96. The molecule has 0 saturated heterocycles. The molecule has 2 aromatic rings. The van der Waals surface area contributed by atoms with Crippen LogP contribution in [-0.2, 0) is 21.1 Å². The van der Waals surface area contributed by atoms with Gasteiger partial charge in [-0.3, -0.25) is 0 Å². The molecule has 0 heterocycles. The summed E-state index contributed by atoms with van der Waals surface area (Å²) in [6.07, 6.45) is 1.09. The van der Waals surface area contributed by atoms with Crippen LogP contribution in [0.15, 0.2) is 35.2 Å². The summed E-state index contributed by atoms with van der Waals surface area (Å²) in [5.74, 6) is 0.0888. The van der Waals surface area contributed by atoms with Crippen LogP contribution in [0.25, 0.3) is 0 Å². The molecule has 0 aliphatic rings. The first-order valence-electron chi connectivity index (χ1n) is 10.7. The Morgan fingerprint density at radius 2 is 1.59 bits per heavy atom. The van der Waals surface area contributed by atoms with Gasteiger partial charge < -0.3 is 29.6 Å². The van der Waals surface area contributed by atoms with Crippen LogP contribution in [0.4, 0.5) is 10.5 Å². The van der Waals surface area contributed by atoms with E-state index in [0.29, 0.717) is 17.9 Å². The molecule has 0 unspecified atom stereocenters. The van der Waals surface area contributed by atoms with Gasteiger partial charge in [0.05, 0.1) is 32.6 Å². The molecule has 0 saturated carbocycles. The van der Waals surface area contributed by atoms with Crippen molar-refractivity contribution >= 4 is 27.5 Å². The third-order valence-electron chi connectivity index (χ3n) is 4.52. The Bertz CT molecular complexity index is 1130. The highest BCUT2D eigenvalue weighted by Gasteiger charge is 2.21. The average molecular weight is 495 g/mol. The average Bonchev–Trinajstić information content (AvgIpc) is 2.79. The van der Waals surface area contributed by atoms with Gasteiger partial charge in [0.1, 0.15) is 22.0 Å². The number of para-hydroxylation sites is 1.